The Kier molecular flexibility index (Phi) is 4.18. The number of fused-ring (bicyclic) bond motifs is 1. The largest absolute Gasteiger partial charge is 0.368 e. The molecule has 0 saturated carbocycles. The van der Waals surface area contributed by atoms with Crippen molar-refractivity contribution in [2.75, 3.05) is 24.5 Å². The van der Waals surface area contributed by atoms with E-state index in [-0.39, 0.29) is 11.9 Å². The molecule has 25 heavy (non-hydrogen) atoms. The summed E-state index contributed by atoms with van der Waals surface area (Å²) < 4.78 is 0. The molecule has 3 aromatic heterocycles. The Hall–Kier alpha value is -2.03. The summed E-state index contributed by atoms with van der Waals surface area (Å²) in [5.74, 6) is 1.32. The molecule has 0 radical (unpaired) electrons. The summed E-state index contributed by atoms with van der Waals surface area (Å²) in [4.78, 5) is 26.8. The summed E-state index contributed by atoms with van der Waals surface area (Å²) in [6, 6.07) is 3.68. The molecule has 1 aliphatic heterocycles. The second kappa shape index (κ2) is 6.36. The van der Waals surface area contributed by atoms with Gasteiger partial charge in [-0.3, -0.25) is 4.79 Å². The first-order chi connectivity index (χ1) is 12.0. The average Bonchev–Trinajstić information content (AvgIpc) is 3.23. The first-order valence-electron chi connectivity index (χ1n) is 8.14. The van der Waals surface area contributed by atoms with Crippen molar-refractivity contribution in [2.45, 2.75) is 19.9 Å². The SMILES string of the molecule is Cc1sc2nc(-c3cccs3)nc(N3CCN[C@H](C(N)=O)C3)c2c1C. The Morgan fingerprint density at radius 1 is 1.40 bits per heavy atom. The highest BCUT2D eigenvalue weighted by atomic mass is 32.1. The van der Waals surface area contributed by atoms with Crippen LogP contribution < -0.4 is 16.0 Å². The van der Waals surface area contributed by atoms with E-state index in [9.17, 15) is 4.79 Å². The maximum Gasteiger partial charge on any atom is 0.236 e. The monoisotopic (exact) mass is 373 g/mol. The number of aryl methyl sites for hydroxylation is 2. The lowest BCUT2D eigenvalue weighted by molar-refractivity contribution is -0.120. The number of primary amides is 1. The molecule has 1 fully saturated rings. The van der Waals surface area contributed by atoms with Gasteiger partial charge < -0.3 is 16.0 Å². The van der Waals surface area contributed by atoms with Crippen molar-refractivity contribution in [3.63, 3.8) is 0 Å². The summed E-state index contributed by atoms with van der Waals surface area (Å²) in [5.41, 5.74) is 6.71. The molecular weight excluding hydrogens is 354 g/mol. The van der Waals surface area contributed by atoms with Crippen molar-refractivity contribution in [2.24, 2.45) is 5.73 Å². The Morgan fingerprint density at radius 2 is 2.24 bits per heavy atom. The van der Waals surface area contributed by atoms with Crippen LogP contribution in [0.25, 0.3) is 20.9 Å². The van der Waals surface area contributed by atoms with E-state index in [1.807, 2.05) is 17.5 Å². The van der Waals surface area contributed by atoms with Gasteiger partial charge in [0.25, 0.3) is 0 Å². The number of amides is 1. The van der Waals surface area contributed by atoms with E-state index >= 15 is 0 Å². The van der Waals surface area contributed by atoms with Crippen LogP contribution in [0.3, 0.4) is 0 Å². The Morgan fingerprint density at radius 3 is 2.96 bits per heavy atom. The third kappa shape index (κ3) is 2.90. The molecule has 3 N–H and O–H groups in total. The molecule has 0 unspecified atom stereocenters. The lowest BCUT2D eigenvalue weighted by Gasteiger charge is -2.33. The Bertz CT molecular complexity index is 934. The van der Waals surface area contributed by atoms with Crippen LogP contribution in [0.15, 0.2) is 17.5 Å². The fourth-order valence-corrected chi connectivity index (χ4v) is 4.79. The molecule has 4 rings (SSSR count). The molecule has 1 aliphatic rings. The normalized spacial score (nSPS) is 18.0. The highest BCUT2D eigenvalue weighted by Gasteiger charge is 2.27. The standard InChI is InChI=1S/C17H19N5OS2/c1-9-10(2)25-17-13(9)16(20-15(21-17)12-4-3-7-24-12)22-6-5-19-11(8-22)14(18)23/h3-4,7,11,19H,5-6,8H2,1-2H3,(H2,18,23)/t11-/m0/s1. The number of rotatable bonds is 3. The van der Waals surface area contributed by atoms with Gasteiger partial charge in [0.05, 0.1) is 10.3 Å². The molecular formula is C17H19N5OS2. The van der Waals surface area contributed by atoms with E-state index < -0.39 is 0 Å². The third-order valence-electron chi connectivity index (χ3n) is 4.57. The fourth-order valence-electron chi connectivity index (χ4n) is 3.11. The summed E-state index contributed by atoms with van der Waals surface area (Å²) in [6.45, 7) is 6.24. The highest BCUT2D eigenvalue weighted by molar-refractivity contribution is 7.19. The minimum absolute atomic E-state index is 0.327. The molecule has 3 aromatic rings. The minimum atomic E-state index is -0.357. The topological polar surface area (TPSA) is 84.1 Å². The molecule has 0 spiro atoms. The highest BCUT2D eigenvalue weighted by Crippen LogP contribution is 2.37. The number of anilines is 1. The molecule has 0 bridgehead atoms. The van der Waals surface area contributed by atoms with Crippen molar-refractivity contribution in [1.82, 2.24) is 15.3 Å². The van der Waals surface area contributed by atoms with Crippen molar-refractivity contribution in [1.29, 1.82) is 0 Å². The number of nitrogens with one attached hydrogen (secondary N) is 1. The van der Waals surface area contributed by atoms with Crippen molar-refractivity contribution >= 4 is 44.6 Å². The van der Waals surface area contributed by atoms with Gasteiger partial charge in [-0.25, -0.2) is 9.97 Å². The molecule has 1 amide bonds. The van der Waals surface area contributed by atoms with Gasteiger partial charge in [-0.05, 0) is 30.9 Å². The zero-order chi connectivity index (χ0) is 17.6. The van der Waals surface area contributed by atoms with Crippen LogP contribution in [0.4, 0.5) is 5.82 Å². The zero-order valence-corrected chi connectivity index (χ0v) is 15.7. The number of thiophene rings is 2. The summed E-state index contributed by atoms with van der Waals surface area (Å²) in [6.07, 6.45) is 0. The van der Waals surface area contributed by atoms with Crippen molar-refractivity contribution < 1.29 is 4.79 Å². The number of piperazine rings is 1. The summed E-state index contributed by atoms with van der Waals surface area (Å²) in [5, 5.41) is 6.29. The van der Waals surface area contributed by atoms with Gasteiger partial charge in [0.15, 0.2) is 5.82 Å². The summed E-state index contributed by atoms with van der Waals surface area (Å²) >= 11 is 3.33. The second-order valence-corrected chi connectivity index (χ2v) is 8.32. The Labute approximate surface area is 153 Å². The number of nitrogens with zero attached hydrogens (tertiary/aromatic N) is 3. The molecule has 0 aromatic carbocycles. The van der Waals surface area contributed by atoms with Crippen LogP contribution in [0.1, 0.15) is 10.4 Å². The number of carbonyl (C=O) groups is 1. The van der Waals surface area contributed by atoms with Crippen LogP contribution in [-0.4, -0.2) is 41.6 Å². The number of hydrogen-bond acceptors (Lipinski definition) is 7. The first-order valence-corrected chi connectivity index (χ1v) is 9.83. The first kappa shape index (κ1) is 16.4. The molecule has 8 heteroatoms. The van der Waals surface area contributed by atoms with E-state index in [0.717, 1.165) is 33.3 Å². The van der Waals surface area contributed by atoms with Crippen LogP contribution >= 0.6 is 22.7 Å². The summed E-state index contributed by atoms with van der Waals surface area (Å²) in [7, 11) is 0. The Balaban J connectivity index is 1.87. The molecule has 1 atom stereocenters. The van der Waals surface area contributed by atoms with Gasteiger partial charge in [-0.2, -0.15) is 0 Å². The maximum absolute atomic E-state index is 11.6. The van der Waals surface area contributed by atoms with E-state index in [2.05, 4.69) is 24.1 Å². The minimum Gasteiger partial charge on any atom is -0.368 e. The number of carbonyl (C=O) groups excluding carboxylic acids is 1. The van der Waals surface area contributed by atoms with E-state index in [1.54, 1.807) is 22.7 Å². The zero-order valence-electron chi connectivity index (χ0n) is 14.1. The predicted molar refractivity (Wildman–Crippen MR) is 103 cm³/mol. The molecule has 130 valence electrons. The number of nitrogens with two attached hydrogens (primary N) is 1. The molecule has 1 saturated heterocycles. The number of hydrogen-bond donors (Lipinski definition) is 2. The smallest absolute Gasteiger partial charge is 0.236 e. The van der Waals surface area contributed by atoms with Gasteiger partial charge in [0.1, 0.15) is 16.7 Å². The van der Waals surface area contributed by atoms with Gasteiger partial charge in [-0.1, -0.05) is 6.07 Å². The average molecular weight is 374 g/mol. The lowest BCUT2D eigenvalue weighted by atomic mass is 10.1. The van der Waals surface area contributed by atoms with E-state index in [0.29, 0.717) is 13.1 Å². The van der Waals surface area contributed by atoms with Gasteiger partial charge in [-0.15, -0.1) is 22.7 Å². The van der Waals surface area contributed by atoms with Crippen molar-refractivity contribution in [3.05, 3.63) is 28.0 Å². The van der Waals surface area contributed by atoms with Crippen LogP contribution in [0.2, 0.25) is 0 Å². The number of aromatic nitrogens is 2. The second-order valence-electron chi connectivity index (χ2n) is 6.17. The quantitative estimate of drug-likeness (QED) is 0.736. The fraction of sp³-hybridized carbons (Fsp3) is 0.353. The lowest BCUT2D eigenvalue weighted by Crippen LogP contribution is -2.56. The molecule has 4 heterocycles. The molecule has 0 aliphatic carbocycles. The third-order valence-corrected chi connectivity index (χ3v) is 6.54. The van der Waals surface area contributed by atoms with Crippen LogP contribution in [0.5, 0.6) is 0 Å². The van der Waals surface area contributed by atoms with Crippen molar-refractivity contribution in [3.8, 4) is 10.7 Å². The van der Waals surface area contributed by atoms with E-state index in [4.69, 9.17) is 15.7 Å². The van der Waals surface area contributed by atoms with Crippen LogP contribution in [0, 0.1) is 13.8 Å². The molecule has 6 nitrogen and oxygen atoms in total. The predicted octanol–water partition coefficient (Wildman–Crippen LogP) is 2.30. The maximum atomic E-state index is 11.6. The van der Waals surface area contributed by atoms with Gasteiger partial charge >= 0.3 is 0 Å². The van der Waals surface area contributed by atoms with Gasteiger partial charge in [0.2, 0.25) is 5.91 Å². The van der Waals surface area contributed by atoms with Crippen LogP contribution in [-0.2, 0) is 4.79 Å². The van der Waals surface area contributed by atoms with E-state index in [1.165, 1.54) is 10.4 Å². The van der Waals surface area contributed by atoms with Gasteiger partial charge in [0, 0.05) is 24.5 Å².